The van der Waals surface area contributed by atoms with E-state index < -0.39 is 0 Å². The highest BCUT2D eigenvalue weighted by atomic mass is 16.5. The van der Waals surface area contributed by atoms with E-state index in [4.69, 9.17) is 9.47 Å². The minimum absolute atomic E-state index is 0.162. The standard InChI is InChI=1S/C18H23N5O2/c1-24-17-9-16(20-12-21-17)23-10-13-5-4-8-25-18(13)14(11-23)22-15-6-2-3-7-19-15/h2-3,6-7,9,12-14,18H,4-5,8,10-11H2,1H3,(H,19,22)/t13-,14+,18-/m0/s1. The van der Waals surface area contributed by atoms with Crippen LogP contribution in [-0.2, 0) is 4.74 Å². The van der Waals surface area contributed by atoms with E-state index in [1.807, 2.05) is 24.3 Å². The summed E-state index contributed by atoms with van der Waals surface area (Å²) in [4.78, 5) is 15.2. The molecule has 0 radical (unpaired) electrons. The first-order chi connectivity index (χ1) is 12.3. The highest BCUT2D eigenvalue weighted by molar-refractivity contribution is 5.44. The van der Waals surface area contributed by atoms with Crippen molar-refractivity contribution < 1.29 is 9.47 Å². The Morgan fingerprint density at radius 2 is 2.20 bits per heavy atom. The van der Waals surface area contributed by atoms with Gasteiger partial charge in [0.15, 0.2) is 0 Å². The molecule has 2 fully saturated rings. The molecule has 2 aromatic rings. The van der Waals surface area contributed by atoms with Crippen LogP contribution in [-0.4, -0.2) is 53.9 Å². The topological polar surface area (TPSA) is 72.4 Å². The zero-order valence-electron chi connectivity index (χ0n) is 14.3. The highest BCUT2D eigenvalue weighted by Gasteiger charge is 2.40. The third-order valence-electron chi connectivity index (χ3n) is 4.92. The number of piperidine rings is 1. The molecular formula is C18H23N5O2. The number of ether oxygens (including phenoxy) is 2. The van der Waals surface area contributed by atoms with Crippen molar-refractivity contribution in [1.29, 1.82) is 0 Å². The Balaban J connectivity index is 1.57. The summed E-state index contributed by atoms with van der Waals surface area (Å²) >= 11 is 0. The lowest BCUT2D eigenvalue weighted by Gasteiger charge is -2.46. The number of pyridine rings is 1. The highest BCUT2D eigenvalue weighted by Crippen LogP contribution is 2.32. The Morgan fingerprint density at radius 3 is 3.04 bits per heavy atom. The predicted molar refractivity (Wildman–Crippen MR) is 94.9 cm³/mol. The number of methoxy groups -OCH3 is 1. The van der Waals surface area contributed by atoms with Crippen molar-refractivity contribution in [2.24, 2.45) is 5.92 Å². The summed E-state index contributed by atoms with van der Waals surface area (Å²) in [6, 6.07) is 7.96. The molecule has 1 N–H and O–H groups in total. The first-order valence-electron chi connectivity index (χ1n) is 8.73. The first-order valence-corrected chi connectivity index (χ1v) is 8.73. The van der Waals surface area contributed by atoms with E-state index in [-0.39, 0.29) is 12.1 Å². The van der Waals surface area contributed by atoms with Crippen LogP contribution >= 0.6 is 0 Å². The summed E-state index contributed by atoms with van der Waals surface area (Å²) in [5.41, 5.74) is 0. The quantitative estimate of drug-likeness (QED) is 0.911. The third-order valence-corrected chi connectivity index (χ3v) is 4.92. The maximum Gasteiger partial charge on any atom is 0.218 e. The third kappa shape index (κ3) is 3.51. The van der Waals surface area contributed by atoms with Crippen LogP contribution < -0.4 is 15.0 Å². The van der Waals surface area contributed by atoms with Crippen molar-refractivity contribution in [1.82, 2.24) is 15.0 Å². The summed E-state index contributed by atoms with van der Waals surface area (Å²) in [5, 5.41) is 3.56. The second-order valence-corrected chi connectivity index (χ2v) is 6.53. The Hall–Kier alpha value is -2.41. The molecule has 0 amide bonds. The normalized spacial score (nSPS) is 26.0. The molecule has 0 aliphatic carbocycles. The van der Waals surface area contributed by atoms with Gasteiger partial charge < -0.3 is 19.7 Å². The molecule has 0 bridgehead atoms. The van der Waals surface area contributed by atoms with Crippen LogP contribution in [0, 0.1) is 5.92 Å². The second kappa shape index (κ2) is 7.23. The molecule has 0 aromatic carbocycles. The van der Waals surface area contributed by atoms with Crippen LogP contribution in [0.15, 0.2) is 36.8 Å². The van der Waals surface area contributed by atoms with Crippen LogP contribution in [0.4, 0.5) is 11.6 Å². The van der Waals surface area contributed by atoms with Gasteiger partial charge in [0.25, 0.3) is 0 Å². The Bertz CT molecular complexity index is 699. The predicted octanol–water partition coefficient (Wildman–Crippen LogP) is 1.98. The SMILES string of the molecule is COc1cc(N2C[C@@H]3CCCO[C@@H]3[C@H](Nc3ccccn3)C2)ncn1. The van der Waals surface area contributed by atoms with Gasteiger partial charge in [-0.3, -0.25) is 0 Å². The number of nitrogens with one attached hydrogen (secondary N) is 1. The minimum Gasteiger partial charge on any atom is -0.481 e. The summed E-state index contributed by atoms with van der Waals surface area (Å²) in [5.74, 6) is 2.83. The molecule has 4 heterocycles. The Labute approximate surface area is 147 Å². The largest absolute Gasteiger partial charge is 0.481 e. The average Bonchev–Trinajstić information content (AvgIpc) is 2.69. The molecule has 0 spiro atoms. The Morgan fingerprint density at radius 1 is 1.24 bits per heavy atom. The first kappa shape index (κ1) is 16.1. The summed E-state index contributed by atoms with van der Waals surface area (Å²) in [7, 11) is 1.62. The second-order valence-electron chi connectivity index (χ2n) is 6.53. The molecule has 0 saturated carbocycles. The maximum absolute atomic E-state index is 6.12. The summed E-state index contributed by atoms with van der Waals surface area (Å²) in [6.07, 6.45) is 5.84. The van der Waals surface area contributed by atoms with Crippen LogP contribution in [0.25, 0.3) is 0 Å². The van der Waals surface area contributed by atoms with Gasteiger partial charge in [-0.2, -0.15) is 0 Å². The zero-order valence-corrected chi connectivity index (χ0v) is 14.3. The molecule has 7 nitrogen and oxygen atoms in total. The molecule has 0 unspecified atom stereocenters. The minimum atomic E-state index is 0.162. The number of hydrogen-bond acceptors (Lipinski definition) is 7. The fourth-order valence-corrected chi connectivity index (χ4v) is 3.77. The van der Waals surface area contributed by atoms with Gasteiger partial charge >= 0.3 is 0 Å². The van der Waals surface area contributed by atoms with Crippen molar-refractivity contribution >= 4 is 11.6 Å². The Kier molecular flexibility index (Phi) is 4.65. The molecule has 132 valence electrons. The van der Waals surface area contributed by atoms with Gasteiger partial charge in [-0.25, -0.2) is 15.0 Å². The number of aromatic nitrogens is 3. The van der Waals surface area contributed by atoms with Crippen molar-refractivity contribution in [3.05, 3.63) is 36.8 Å². The van der Waals surface area contributed by atoms with Gasteiger partial charge in [0.2, 0.25) is 5.88 Å². The van der Waals surface area contributed by atoms with E-state index in [9.17, 15) is 0 Å². The van der Waals surface area contributed by atoms with Crippen molar-refractivity contribution in [3.8, 4) is 5.88 Å². The lowest BCUT2D eigenvalue weighted by Crippen LogP contribution is -2.58. The van der Waals surface area contributed by atoms with Crippen molar-refractivity contribution in [3.63, 3.8) is 0 Å². The van der Waals surface area contributed by atoms with Gasteiger partial charge in [-0.1, -0.05) is 6.07 Å². The lowest BCUT2D eigenvalue weighted by atomic mass is 9.85. The number of rotatable bonds is 4. The van der Waals surface area contributed by atoms with Gasteiger partial charge in [-0.05, 0) is 25.0 Å². The average molecular weight is 341 g/mol. The van der Waals surface area contributed by atoms with Crippen LogP contribution in [0.5, 0.6) is 5.88 Å². The van der Waals surface area contributed by atoms with E-state index in [1.165, 1.54) is 6.42 Å². The van der Waals surface area contributed by atoms with E-state index in [0.717, 1.165) is 37.8 Å². The summed E-state index contributed by atoms with van der Waals surface area (Å²) in [6.45, 7) is 2.58. The van der Waals surface area contributed by atoms with E-state index in [0.29, 0.717) is 11.8 Å². The van der Waals surface area contributed by atoms with Crippen LogP contribution in [0.2, 0.25) is 0 Å². The molecular weight excluding hydrogens is 318 g/mol. The van der Waals surface area contributed by atoms with Crippen LogP contribution in [0.1, 0.15) is 12.8 Å². The number of hydrogen-bond donors (Lipinski definition) is 1. The lowest BCUT2D eigenvalue weighted by molar-refractivity contribution is -0.0424. The van der Waals surface area contributed by atoms with E-state index in [1.54, 1.807) is 19.6 Å². The molecule has 3 atom stereocenters. The number of fused-ring (bicyclic) bond motifs is 1. The smallest absolute Gasteiger partial charge is 0.218 e. The molecule has 2 aliphatic heterocycles. The van der Waals surface area contributed by atoms with Crippen LogP contribution in [0.3, 0.4) is 0 Å². The zero-order chi connectivity index (χ0) is 17.1. The fraction of sp³-hybridized carbons (Fsp3) is 0.500. The maximum atomic E-state index is 6.12. The van der Waals surface area contributed by atoms with E-state index >= 15 is 0 Å². The van der Waals surface area contributed by atoms with Gasteiger partial charge in [0.05, 0.1) is 19.3 Å². The van der Waals surface area contributed by atoms with Crippen molar-refractivity contribution in [2.75, 3.05) is 37.0 Å². The molecule has 2 aliphatic rings. The van der Waals surface area contributed by atoms with Gasteiger partial charge in [-0.15, -0.1) is 0 Å². The molecule has 2 saturated heterocycles. The molecule has 25 heavy (non-hydrogen) atoms. The van der Waals surface area contributed by atoms with E-state index in [2.05, 4.69) is 25.2 Å². The number of anilines is 2. The fourth-order valence-electron chi connectivity index (χ4n) is 3.77. The van der Waals surface area contributed by atoms with Crippen molar-refractivity contribution in [2.45, 2.75) is 25.0 Å². The molecule has 2 aromatic heterocycles. The molecule has 4 rings (SSSR count). The van der Waals surface area contributed by atoms with Gasteiger partial charge in [0, 0.05) is 37.9 Å². The monoisotopic (exact) mass is 341 g/mol. The van der Waals surface area contributed by atoms with Gasteiger partial charge in [0.1, 0.15) is 18.0 Å². The molecule has 7 heteroatoms. The summed E-state index contributed by atoms with van der Waals surface area (Å²) < 4.78 is 11.4. The number of nitrogens with zero attached hydrogens (tertiary/aromatic N) is 4.